The average molecular weight is 376 g/mol. The summed E-state index contributed by atoms with van der Waals surface area (Å²) in [6, 6.07) is 2.47. The van der Waals surface area contributed by atoms with Crippen molar-refractivity contribution in [2.75, 3.05) is 39.4 Å². The third-order valence-corrected chi connectivity index (χ3v) is 6.37. The molecule has 0 unspecified atom stereocenters. The van der Waals surface area contributed by atoms with Crippen LogP contribution in [0.1, 0.15) is 48.3 Å². The van der Waals surface area contributed by atoms with Crippen LogP contribution in [0.15, 0.2) is 10.9 Å². The number of likely N-dealkylation sites (tertiary alicyclic amines) is 1. The van der Waals surface area contributed by atoms with Crippen LogP contribution in [0.4, 0.5) is 0 Å². The predicted octanol–water partition coefficient (Wildman–Crippen LogP) is 2.06. The summed E-state index contributed by atoms with van der Waals surface area (Å²) in [5, 5.41) is 0. The van der Waals surface area contributed by atoms with Crippen LogP contribution in [0.3, 0.4) is 0 Å². The van der Waals surface area contributed by atoms with Gasteiger partial charge in [-0.25, -0.2) is 0 Å². The highest BCUT2D eigenvalue weighted by Crippen LogP contribution is 2.25. The van der Waals surface area contributed by atoms with E-state index in [2.05, 4.69) is 11.8 Å². The van der Waals surface area contributed by atoms with Crippen LogP contribution >= 0.6 is 0 Å². The van der Waals surface area contributed by atoms with Gasteiger partial charge in [0.1, 0.15) is 5.56 Å². The number of amides is 1. The Balaban J connectivity index is 1.68. The maximum Gasteiger partial charge on any atom is 0.263 e. The van der Waals surface area contributed by atoms with Crippen molar-refractivity contribution < 1.29 is 9.53 Å². The molecule has 2 aliphatic rings. The van der Waals surface area contributed by atoms with Gasteiger partial charge in [0.05, 0.1) is 13.2 Å². The van der Waals surface area contributed by atoms with Crippen LogP contribution in [-0.4, -0.2) is 65.7 Å². The summed E-state index contributed by atoms with van der Waals surface area (Å²) in [6.07, 6.45) is 1.99. The van der Waals surface area contributed by atoms with Crippen molar-refractivity contribution in [3.63, 3.8) is 0 Å². The van der Waals surface area contributed by atoms with Crippen molar-refractivity contribution in [3.05, 3.63) is 33.2 Å². The van der Waals surface area contributed by atoms with Crippen LogP contribution < -0.4 is 5.56 Å². The molecular weight excluding hydrogens is 342 g/mol. The lowest BCUT2D eigenvalue weighted by atomic mass is 9.89. The van der Waals surface area contributed by atoms with Crippen molar-refractivity contribution >= 4 is 5.91 Å². The minimum absolute atomic E-state index is 0.0998. The van der Waals surface area contributed by atoms with Crippen molar-refractivity contribution in [2.24, 2.45) is 5.92 Å². The zero-order valence-corrected chi connectivity index (χ0v) is 17.2. The molecular formula is C21H33N3O3. The van der Waals surface area contributed by atoms with Gasteiger partial charge in [-0.05, 0) is 58.1 Å². The zero-order valence-electron chi connectivity index (χ0n) is 17.2. The summed E-state index contributed by atoms with van der Waals surface area (Å²) in [5.41, 5.74) is 1.90. The molecule has 3 rings (SSSR count). The molecule has 1 aromatic heterocycles. The number of hydrogen-bond donors (Lipinski definition) is 0. The van der Waals surface area contributed by atoms with E-state index in [0.29, 0.717) is 24.1 Å². The van der Waals surface area contributed by atoms with Gasteiger partial charge in [-0.2, -0.15) is 0 Å². The van der Waals surface area contributed by atoms with Gasteiger partial charge in [-0.3, -0.25) is 14.5 Å². The molecule has 0 aliphatic carbocycles. The highest BCUT2D eigenvalue weighted by molar-refractivity contribution is 5.95. The Bertz CT molecular complexity index is 729. The first-order chi connectivity index (χ1) is 12.9. The summed E-state index contributed by atoms with van der Waals surface area (Å²) >= 11 is 0. The number of nitrogens with zero attached hydrogens (tertiary/aromatic N) is 3. The number of pyridine rings is 1. The van der Waals surface area contributed by atoms with E-state index in [0.717, 1.165) is 63.5 Å². The van der Waals surface area contributed by atoms with Crippen molar-refractivity contribution in [2.45, 2.75) is 53.1 Å². The Morgan fingerprint density at radius 1 is 1.19 bits per heavy atom. The average Bonchev–Trinajstić information content (AvgIpc) is 2.68. The summed E-state index contributed by atoms with van der Waals surface area (Å²) in [6.45, 7) is 13.7. The van der Waals surface area contributed by atoms with Crippen LogP contribution in [-0.2, 0) is 11.3 Å². The lowest BCUT2D eigenvalue weighted by molar-refractivity contribution is -0.000969. The molecule has 0 aromatic carbocycles. The van der Waals surface area contributed by atoms with Crippen LogP contribution in [0, 0.1) is 19.8 Å². The van der Waals surface area contributed by atoms with E-state index in [1.165, 1.54) is 0 Å². The predicted molar refractivity (Wildman–Crippen MR) is 106 cm³/mol. The third kappa shape index (κ3) is 4.11. The van der Waals surface area contributed by atoms with E-state index in [4.69, 9.17) is 4.74 Å². The van der Waals surface area contributed by atoms with Gasteiger partial charge in [-0.15, -0.1) is 0 Å². The van der Waals surface area contributed by atoms with Gasteiger partial charge in [0, 0.05) is 44.5 Å². The van der Waals surface area contributed by atoms with E-state index in [9.17, 15) is 9.59 Å². The van der Waals surface area contributed by atoms with Gasteiger partial charge in [-0.1, -0.05) is 0 Å². The van der Waals surface area contributed by atoms with Gasteiger partial charge in [0.15, 0.2) is 0 Å². The summed E-state index contributed by atoms with van der Waals surface area (Å²) < 4.78 is 7.15. The molecule has 0 saturated carbocycles. The topological polar surface area (TPSA) is 54.8 Å². The summed E-state index contributed by atoms with van der Waals surface area (Å²) in [5.74, 6) is 0.496. The molecule has 0 N–H and O–H groups in total. The number of hydrogen-bond acceptors (Lipinski definition) is 4. The minimum atomic E-state index is -0.149. The van der Waals surface area contributed by atoms with Gasteiger partial charge in [0.25, 0.3) is 11.5 Å². The lowest BCUT2D eigenvalue weighted by Gasteiger charge is -2.41. The van der Waals surface area contributed by atoms with Crippen molar-refractivity contribution in [1.82, 2.24) is 14.4 Å². The molecule has 27 heavy (non-hydrogen) atoms. The molecule has 3 heterocycles. The Kier molecular flexibility index (Phi) is 6.37. The fourth-order valence-electron chi connectivity index (χ4n) is 4.61. The maximum atomic E-state index is 13.1. The van der Waals surface area contributed by atoms with Crippen LogP contribution in [0.2, 0.25) is 0 Å². The van der Waals surface area contributed by atoms with Gasteiger partial charge in [0.2, 0.25) is 0 Å². The standard InChI is InChI=1S/C21H33N3O3/c1-5-24-16(3)14-15(2)19(21(24)26)20(25)23-8-6-18(7-9-23)17(4)22-10-12-27-13-11-22/h14,17-18H,5-13H2,1-4H3/t17-/m1/s1. The van der Waals surface area contributed by atoms with E-state index in [1.807, 2.05) is 31.7 Å². The van der Waals surface area contributed by atoms with Gasteiger partial charge >= 0.3 is 0 Å². The van der Waals surface area contributed by atoms with Crippen molar-refractivity contribution in [1.29, 1.82) is 0 Å². The lowest BCUT2D eigenvalue weighted by Crippen LogP contribution is -2.49. The molecule has 1 aromatic rings. The Hall–Kier alpha value is -1.66. The number of morpholine rings is 1. The SMILES string of the molecule is CCn1c(C)cc(C)c(C(=O)N2CCC([C@@H](C)N3CCOCC3)CC2)c1=O. The molecule has 1 amide bonds. The summed E-state index contributed by atoms with van der Waals surface area (Å²) in [7, 11) is 0. The monoisotopic (exact) mass is 375 g/mol. The fraction of sp³-hybridized carbons (Fsp3) is 0.714. The van der Waals surface area contributed by atoms with E-state index in [1.54, 1.807) is 4.57 Å². The fourth-order valence-corrected chi connectivity index (χ4v) is 4.61. The quantitative estimate of drug-likeness (QED) is 0.808. The second-order valence-corrected chi connectivity index (χ2v) is 7.91. The molecule has 1 atom stereocenters. The van der Waals surface area contributed by atoms with E-state index in [-0.39, 0.29) is 11.5 Å². The second kappa shape index (κ2) is 8.57. The first kappa shape index (κ1) is 20.1. The number of carbonyl (C=O) groups excluding carboxylic acids is 1. The Morgan fingerprint density at radius 2 is 1.81 bits per heavy atom. The molecule has 6 heteroatoms. The minimum Gasteiger partial charge on any atom is -0.379 e. The van der Waals surface area contributed by atoms with Gasteiger partial charge < -0.3 is 14.2 Å². The number of aromatic nitrogens is 1. The molecule has 0 spiro atoms. The number of aryl methyl sites for hydroxylation is 2. The maximum absolute atomic E-state index is 13.1. The van der Waals surface area contributed by atoms with Crippen LogP contribution in [0.5, 0.6) is 0 Å². The zero-order chi connectivity index (χ0) is 19.6. The molecule has 0 radical (unpaired) electrons. The number of rotatable bonds is 4. The molecule has 0 bridgehead atoms. The Labute approximate surface area is 162 Å². The largest absolute Gasteiger partial charge is 0.379 e. The van der Waals surface area contributed by atoms with Crippen molar-refractivity contribution in [3.8, 4) is 0 Å². The third-order valence-electron chi connectivity index (χ3n) is 6.37. The highest BCUT2D eigenvalue weighted by Gasteiger charge is 2.31. The Morgan fingerprint density at radius 3 is 2.41 bits per heavy atom. The molecule has 150 valence electrons. The number of carbonyl (C=O) groups is 1. The first-order valence-corrected chi connectivity index (χ1v) is 10.3. The first-order valence-electron chi connectivity index (χ1n) is 10.3. The smallest absolute Gasteiger partial charge is 0.263 e. The number of ether oxygens (including phenoxy) is 1. The van der Waals surface area contributed by atoms with E-state index < -0.39 is 0 Å². The molecule has 2 saturated heterocycles. The molecule has 2 fully saturated rings. The number of piperidine rings is 1. The molecule has 6 nitrogen and oxygen atoms in total. The highest BCUT2D eigenvalue weighted by atomic mass is 16.5. The second-order valence-electron chi connectivity index (χ2n) is 7.91. The van der Waals surface area contributed by atoms with Crippen LogP contribution in [0.25, 0.3) is 0 Å². The summed E-state index contributed by atoms with van der Waals surface area (Å²) in [4.78, 5) is 30.3. The molecule has 2 aliphatic heterocycles. The normalized spacial score (nSPS) is 20.7. The van der Waals surface area contributed by atoms with E-state index >= 15 is 0 Å².